The molecule has 0 unspecified atom stereocenters. The lowest BCUT2D eigenvalue weighted by Crippen LogP contribution is -2.21. The van der Waals surface area contributed by atoms with Gasteiger partial charge in [-0.2, -0.15) is 0 Å². The van der Waals surface area contributed by atoms with Crippen LogP contribution in [0.25, 0.3) is 11.3 Å². The summed E-state index contributed by atoms with van der Waals surface area (Å²) in [5.41, 5.74) is 1.36. The minimum absolute atomic E-state index is 0.0592. The Morgan fingerprint density at radius 3 is 2.62 bits per heavy atom. The van der Waals surface area contributed by atoms with Crippen LogP contribution in [0.4, 0.5) is 9.52 Å². The van der Waals surface area contributed by atoms with Crippen molar-refractivity contribution in [2.45, 2.75) is 5.09 Å². The molecule has 0 radical (unpaired) electrons. The van der Waals surface area contributed by atoms with E-state index in [-0.39, 0.29) is 16.5 Å². The molecular weight excluding hydrogens is 381 g/mol. The first-order valence-electron chi connectivity index (χ1n) is 7.31. The summed E-state index contributed by atoms with van der Waals surface area (Å²) in [7, 11) is -1.02. The maximum absolute atomic E-state index is 13.0. The van der Waals surface area contributed by atoms with Crippen molar-refractivity contribution in [2.75, 3.05) is 19.4 Å². The molecule has 1 amide bonds. The fourth-order valence-electron chi connectivity index (χ4n) is 2.00. The van der Waals surface area contributed by atoms with Crippen LogP contribution in [0.3, 0.4) is 0 Å². The SMILES string of the molecule is CN(C)S(=O)(=O)c1cc(C(=O)Nc2nc(-c3ccc(F)cc3)cs2)co1. The molecule has 0 bridgehead atoms. The number of furan rings is 1. The smallest absolute Gasteiger partial charge is 0.275 e. The summed E-state index contributed by atoms with van der Waals surface area (Å²) < 4.78 is 42.9. The van der Waals surface area contributed by atoms with Gasteiger partial charge in [-0.1, -0.05) is 0 Å². The average Bonchev–Trinajstić information content (AvgIpc) is 3.25. The van der Waals surface area contributed by atoms with Crippen molar-refractivity contribution < 1.29 is 22.0 Å². The quantitative estimate of drug-likeness (QED) is 0.717. The summed E-state index contributed by atoms with van der Waals surface area (Å²) in [6.07, 6.45) is 1.07. The van der Waals surface area contributed by atoms with Crippen molar-refractivity contribution in [1.82, 2.24) is 9.29 Å². The summed E-state index contributed by atoms with van der Waals surface area (Å²) in [5.74, 6) is -0.894. The van der Waals surface area contributed by atoms with Crippen LogP contribution < -0.4 is 5.32 Å². The van der Waals surface area contributed by atoms with Gasteiger partial charge in [0.15, 0.2) is 5.13 Å². The van der Waals surface area contributed by atoms with Crippen LogP contribution in [0.1, 0.15) is 10.4 Å². The van der Waals surface area contributed by atoms with E-state index in [0.29, 0.717) is 16.4 Å². The van der Waals surface area contributed by atoms with Gasteiger partial charge < -0.3 is 4.42 Å². The second kappa shape index (κ2) is 6.98. The van der Waals surface area contributed by atoms with Crippen LogP contribution in [-0.2, 0) is 10.0 Å². The second-order valence-corrected chi connectivity index (χ2v) is 8.38. The molecule has 0 saturated carbocycles. The molecule has 1 aromatic carbocycles. The van der Waals surface area contributed by atoms with Gasteiger partial charge in [0.2, 0.25) is 5.09 Å². The molecule has 0 aliphatic rings. The van der Waals surface area contributed by atoms with Gasteiger partial charge in [-0.3, -0.25) is 10.1 Å². The lowest BCUT2D eigenvalue weighted by atomic mass is 10.2. The average molecular weight is 395 g/mol. The molecule has 2 aromatic heterocycles. The van der Waals surface area contributed by atoms with Crippen LogP contribution in [0.5, 0.6) is 0 Å². The van der Waals surface area contributed by atoms with Gasteiger partial charge in [0.05, 0.1) is 11.3 Å². The molecule has 10 heteroatoms. The zero-order valence-corrected chi connectivity index (χ0v) is 15.4. The Bertz CT molecular complexity index is 1040. The first kappa shape index (κ1) is 18.2. The molecule has 0 saturated heterocycles. The lowest BCUT2D eigenvalue weighted by molar-refractivity contribution is 0.102. The van der Waals surface area contributed by atoms with Crippen molar-refractivity contribution in [3.05, 3.63) is 53.4 Å². The molecule has 0 atom stereocenters. The highest BCUT2D eigenvalue weighted by Gasteiger charge is 2.23. The summed E-state index contributed by atoms with van der Waals surface area (Å²) >= 11 is 1.19. The maximum Gasteiger partial charge on any atom is 0.275 e. The number of anilines is 1. The number of sulfonamides is 1. The standard InChI is InChI=1S/C16H14FN3O4S2/c1-20(2)26(22,23)14-7-11(8-24-14)15(21)19-16-18-13(9-25-16)10-3-5-12(17)6-4-10/h3-9H,1-2H3,(H,18,19,21). The number of aromatic nitrogens is 1. The van der Waals surface area contributed by atoms with E-state index in [1.165, 1.54) is 37.6 Å². The van der Waals surface area contributed by atoms with Gasteiger partial charge >= 0.3 is 0 Å². The minimum atomic E-state index is -3.75. The van der Waals surface area contributed by atoms with E-state index in [4.69, 9.17) is 4.42 Å². The monoisotopic (exact) mass is 395 g/mol. The van der Waals surface area contributed by atoms with E-state index in [1.807, 2.05) is 0 Å². The van der Waals surface area contributed by atoms with Gasteiger partial charge in [-0.25, -0.2) is 22.1 Å². The van der Waals surface area contributed by atoms with Crippen molar-refractivity contribution in [3.8, 4) is 11.3 Å². The third-order valence-electron chi connectivity index (χ3n) is 3.44. The number of nitrogens with zero attached hydrogens (tertiary/aromatic N) is 2. The first-order chi connectivity index (χ1) is 12.3. The molecule has 0 aliphatic carbocycles. The molecule has 2 heterocycles. The number of nitrogens with one attached hydrogen (secondary N) is 1. The van der Waals surface area contributed by atoms with Crippen LogP contribution >= 0.6 is 11.3 Å². The lowest BCUT2D eigenvalue weighted by Gasteiger charge is -2.07. The topological polar surface area (TPSA) is 92.5 Å². The molecule has 0 fully saturated rings. The van der Waals surface area contributed by atoms with Crippen LogP contribution in [0.2, 0.25) is 0 Å². The van der Waals surface area contributed by atoms with Gasteiger partial charge in [-0.05, 0) is 24.3 Å². The molecule has 7 nitrogen and oxygen atoms in total. The Labute approximate surface area is 153 Å². The molecule has 136 valence electrons. The van der Waals surface area contributed by atoms with E-state index in [9.17, 15) is 17.6 Å². The first-order valence-corrected chi connectivity index (χ1v) is 9.63. The van der Waals surface area contributed by atoms with Crippen molar-refractivity contribution in [3.63, 3.8) is 0 Å². The Kier molecular flexibility index (Phi) is 4.90. The van der Waals surface area contributed by atoms with Gasteiger partial charge in [0.25, 0.3) is 15.9 Å². The van der Waals surface area contributed by atoms with E-state index in [0.717, 1.165) is 16.6 Å². The second-order valence-electron chi connectivity index (χ2n) is 5.44. The van der Waals surface area contributed by atoms with Crippen LogP contribution in [0.15, 0.2) is 51.5 Å². The number of hydrogen-bond donors (Lipinski definition) is 1. The molecule has 3 rings (SSSR count). The molecule has 26 heavy (non-hydrogen) atoms. The largest absolute Gasteiger partial charge is 0.451 e. The molecule has 0 spiro atoms. The molecular formula is C16H14FN3O4S2. The van der Waals surface area contributed by atoms with E-state index in [1.54, 1.807) is 17.5 Å². The van der Waals surface area contributed by atoms with Crippen molar-refractivity contribution >= 4 is 32.4 Å². The number of amides is 1. The number of halogens is 1. The predicted molar refractivity (Wildman–Crippen MR) is 95.0 cm³/mol. The van der Waals surface area contributed by atoms with Gasteiger partial charge in [0, 0.05) is 31.1 Å². The molecule has 1 N–H and O–H groups in total. The predicted octanol–water partition coefficient (Wildman–Crippen LogP) is 3.04. The summed E-state index contributed by atoms with van der Waals surface area (Å²) in [5, 5.41) is 4.31. The summed E-state index contributed by atoms with van der Waals surface area (Å²) in [6.45, 7) is 0. The third kappa shape index (κ3) is 3.66. The maximum atomic E-state index is 13.0. The van der Waals surface area contributed by atoms with Crippen molar-refractivity contribution in [2.24, 2.45) is 0 Å². The fourth-order valence-corrected chi connectivity index (χ4v) is 3.52. The van der Waals surface area contributed by atoms with Gasteiger partial charge in [-0.15, -0.1) is 11.3 Å². The third-order valence-corrected chi connectivity index (χ3v) is 5.88. The number of thiazole rings is 1. The zero-order chi connectivity index (χ0) is 18.9. The normalized spacial score (nSPS) is 11.7. The van der Waals surface area contributed by atoms with Crippen molar-refractivity contribution in [1.29, 1.82) is 0 Å². The number of rotatable bonds is 5. The Morgan fingerprint density at radius 1 is 1.27 bits per heavy atom. The van der Waals surface area contributed by atoms with E-state index < -0.39 is 15.9 Å². The molecule has 3 aromatic rings. The fraction of sp³-hybridized carbons (Fsp3) is 0.125. The highest BCUT2D eigenvalue weighted by Crippen LogP contribution is 2.26. The summed E-state index contributed by atoms with van der Waals surface area (Å²) in [4.78, 5) is 16.5. The van der Waals surface area contributed by atoms with Crippen LogP contribution in [0, 0.1) is 5.82 Å². The highest BCUT2D eigenvalue weighted by molar-refractivity contribution is 7.88. The van der Waals surface area contributed by atoms with Gasteiger partial charge in [0.1, 0.15) is 12.1 Å². The Balaban J connectivity index is 1.75. The number of carbonyl (C=O) groups is 1. The minimum Gasteiger partial charge on any atom is -0.451 e. The summed E-state index contributed by atoms with van der Waals surface area (Å²) in [6, 6.07) is 6.98. The number of carbonyl (C=O) groups excluding carboxylic acids is 1. The number of hydrogen-bond acceptors (Lipinski definition) is 6. The zero-order valence-electron chi connectivity index (χ0n) is 13.8. The van der Waals surface area contributed by atoms with E-state index in [2.05, 4.69) is 10.3 Å². The Morgan fingerprint density at radius 2 is 1.96 bits per heavy atom. The number of benzene rings is 1. The molecule has 0 aliphatic heterocycles. The van der Waals surface area contributed by atoms with E-state index >= 15 is 0 Å². The highest BCUT2D eigenvalue weighted by atomic mass is 32.2. The van der Waals surface area contributed by atoms with Crippen LogP contribution in [-0.4, -0.2) is 37.7 Å². The Hall–Kier alpha value is -2.56.